The first kappa shape index (κ1) is 18.7. The number of hydrogen-bond acceptors (Lipinski definition) is 3. The number of carbonyl (C=O) groups excluding carboxylic acids is 2. The summed E-state index contributed by atoms with van der Waals surface area (Å²) in [6.45, 7) is 7.01. The first-order valence-electron chi connectivity index (χ1n) is 9.97. The quantitative estimate of drug-likeness (QED) is 0.654. The molecule has 5 nitrogen and oxygen atoms in total. The van der Waals surface area contributed by atoms with Crippen LogP contribution in [0.1, 0.15) is 49.7 Å². The molecule has 1 aliphatic carbocycles. The van der Waals surface area contributed by atoms with Gasteiger partial charge < -0.3 is 15.1 Å². The van der Waals surface area contributed by atoms with E-state index in [0.717, 1.165) is 38.8 Å². The van der Waals surface area contributed by atoms with Gasteiger partial charge in [0.15, 0.2) is 0 Å². The molecule has 1 heterocycles. The monoisotopic (exact) mass is 357 g/mol. The molecular formula is C21H31N3O2. The highest BCUT2D eigenvalue weighted by atomic mass is 16.2. The minimum Gasteiger partial charge on any atom is -0.368 e. The van der Waals surface area contributed by atoms with Crippen LogP contribution in [0.5, 0.6) is 0 Å². The predicted octanol–water partition coefficient (Wildman–Crippen LogP) is 2.79. The number of carbonyl (C=O) groups is 2. The van der Waals surface area contributed by atoms with Gasteiger partial charge in [0, 0.05) is 37.9 Å². The zero-order valence-corrected chi connectivity index (χ0v) is 16.1. The van der Waals surface area contributed by atoms with E-state index < -0.39 is 5.91 Å². The van der Waals surface area contributed by atoms with E-state index in [4.69, 9.17) is 0 Å². The summed E-state index contributed by atoms with van der Waals surface area (Å²) in [5.41, 5.74) is 3.81. The highest BCUT2D eigenvalue weighted by Gasteiger charge is 2.28. The molecule has 0 spiro atoms. The Morgan fingerprint density at radius 2 is 1.62 bits per heavy atom. The van der Waals surface area contributed by atoms with Gasteiger partial charge in [-0.1, -0.05) is 37.8 Å². The molecule has 0 aromatic heterocycles. The van der Waals surface area contributed by atoms with Crippen molar-refractivity contribution in [3.8, 4) is 0 Å². The van der Waals surface area contributed by atoms with Crippen LogP contribution in [0.15, 0.2) is 18.2 Å². The maximum Gasteiger partial charge on any atom is 0.312 e. The summed E-state index contributed by atoms with van der Waals surface area (Å²) in [4.78, 5) is 28.9. The summed E-state index contributed by atoms with van der Waals surface area (Å²) in [5.74, 6) is -0.785. The Morgan fingerprint density at radius 3 is 2.27 bits per heavy atom. The van der Waals surface area contributed by atoms with Gasteiger partial charge in [0.2, 0.25) is 0 Å². The lowest BCUT2D eigenvalue weighted by atomic mass is 10.1. The number of amides is 2. The van der Waals surface area contributed by atoms with Gasteiger partial charge in [-0.15, -0.1) is 0 Å². The van der Waals surface area contributed by atoms with Crippen molar-refractivity contribution in [1.29, 1.82) is 0 Å². The fraction of sp³-hybridized carbons (Fsp3) is 0.619. The number of piperazine rings is 1. The Hall–Kier alpha value is -2.04. The molecule has 1 saturated carbocycles. The van der Waals surface area contributed by atoms with Crippen molar-refractivity contribution in [3.63, 3.8) is 0 Å². The average Bonchev–Trinajstić information content (AvgIpc) is 2.92. The third-order valence-electron chi connectivity index (χ3n) is 5.87. The Morgan fingerprint density at radius 1 is 0.962 bits per heavy atom. The van der Waals surface area contributed by atoms with E-state index in [9.17, 15) is 9.59 Å². The molecule has 0 unspecified atom stereocenters. The van der Waals surface area contributed by atoms with Crippen LogP contribution in [0.2, 0.25) is 0 Å². The minimum absolute atomic E-state index is 0.171. The molecule has 0 radical (unpaired) electrons. The van der Waals surface area contributed by atoms with Crippen molar-refractivity contribution in [2.75, 3.05) is 31.1 Å². The molecule has 2 amide bonds. The number of nitrogens with zero attached hydrogens (tertiary/aromatic N) is 2. The number of hydrogen-bond donors (Lipinski definition) is 1. The van der Waals surface area contributed by atoms with Gasteiger partial charge in [-0.25, -0.2) is 0 Å². The van der Waals surface area contributed by atoms with Crippen LogP contribution < -0.4 is 10.2 Å². The van der Waals surface area contributed by atoms with Crippen LogP contribution in [0.25, 0.3) is 0 Å². The second-order valence-electron chi connectivity index (χ2n) is 7.66. The molecule has 1 aromatic carbocycles. The fourth-order valence-corrected chi connectivity index (χ4v) is 4.04. The second-order valence-corrected chi connectivity index (χ2v) is 7.66. The van der Waals surface area contributed by atoms with Crippen LogP contribution in [-0.2, 0) is 9.59 Å². The van der Waals surface area contributed by atoms with Crippen LogP contribution in [0.3, 0.4) is 0 Å². The van der Waals surface area contributed by atoms with Gasteiger partial charge in [0.25, 0.3) is 0 Å². The van der Waals surface area contributed by atoms with Crippen molar-refractivity contribution >= 4 is 17.5 Å². The van der Waals surface area contributed by atoms with Crippen molar-refractivity contribution in [1.82, 2.24) is 10.2 Å². The normalized spacial score (nSPS) is 19.2. The molecule has 5 heteroatoms. The van der Waals surface area contributed by atoms with E-state index in [1.54, 1.807) is 4.90 Å². The summed E-state index contributed by atoms with van der Waals surface area (Å²) >= 11 is 0. The zero-order chi connectivity index (χ0) is 18.5. The minimum atomic E-state index is -0.419. The molecule has 1 aromatic rings. The third kappa shape index (κ3) is 4.37. The third-order valence-corrected chi connectivity index (χ3v) is 5.87. The summed E-state index contributed by atoms with van der Waals surface area (Å²) in [6, 6.07) is 6.51. The first-order valence-corrected chi connectivity index (χ1v) is 9.97. The van der Waals surface area contributed by atoms with E-state index in [2.05, 4.69) is 42.3 Å². The van der Waals surface area contributed by atoms with Crippen LogP contribution in [-0.4, -0.2) is 48.9 Å². The van der Waals surface area contributed by atoms with E-state index in [0.29, 0.717) is 13.1 Å². The summed E-state index contributed by atoms with van der Waals surface area (Å²) in [7, 11) is 0. The number of rotatable bonds is 2. The molecule has 2 aliphatic rings. The van der Waals surface area contributed by atoms with Gasteiger partial charge in [-0.05, 0) is 43.9 Å². The maximum atomic E-state index is 12.5. The lowest BCUT2D eigenvalue weighted by molar-refractivity contribution is -0.146. The van der Waals surface area contributed by atoms with Crippen molar-refractivity contribution < 1.29 is 9.59 Å². The molecule has 2 fully saturated rings. The van der Waals surface area contributed by atoms with Crippen LogP contribution >= 0.6 is 0 Å². The first-order chi connectivity index (χ1) is 12.6. The highest BCUT2D eigenvalue weighted by Crippen LogP contribution is 2.24. The van der Waals surface area contributed by atoms with Crippen LogP contribution in [0.4, 0.5) is 5.69 Å². The van der Waals surface area contributed by atoms with Crippen LogP contribution in [0, 0.1) is 13.8 Å². The molecule has 1 N–H and O–H groups in total. The molecule has 1 aliphatic heterocycles. The molecule has 142 valence electrons. The standard InChI is InChI=1S/C21H31N3O2/c1-16-8-7-11-19(17(16)2)23-12-14-24(15-13-23)21(26)20(25)22-18-9-5-3-4-6-10-18/h7-8,11,18H,3-6,9-10,12-15H2,1-2H3,(H,22,25). The fourth-order valence-electron chi connectivity index (χ4n) is 4.04. The number of benzene rings is 1. The Kier molecular flexibility index (Phi) is 6.17. The number of nitrogens with one attached hydrogen (secondary N) is 1. The largest absolute Gasteiger partial charge is 0.368 e. The van der Waals surface area contributed by atoms with Gasteiger partial charge in [0.05, 0.1) is 0 Å². The average molecular weight is 357 g/mol. The number of anilines is 1. The topological polar surface area (TPSA) is 52.7 Å². The summed E-state index contributed by atoms with van der Waals surface area (Å²) in [5, 5.41) is 2.97. The van der Waals surface area contributed by atoms with Gasteiger partial charge in [-0.3, -0.25) is 9.59 Å². The van der Waals surface area contributed by atoms with E-state index in [1.807, 2.05) is 0 Å². The molecule has 0 atom stereocenters. The van der Waals surface area contributed by atoms with E-state index >= 15 is 0 Å². The Balaban J connectivity index is 1.53. The second kappa shape index (κ2) is 8.56. The predicted molar refractivity (Wildman–Crippen MR) is 104 cm³/mol. The Labute approximate surface area is 156 Å². The SMILES string of the molecule is Cc1cccc(N2CCN(C(=O)C(=O)NC3CCCCCC3)CC2)c1C. The van der Waals surface area contributed by atoms with Gasteiger partial charge in [-0.2, -0.15) is 0 Å². The van der Waals surface area contributed by atoms with Crippen molar-refractivity contribution in [2.45, 2.75) is 58.4 Å². The summed E-state index contributed by atoms with van der Waals surface area (Å²) in [6.07, 6.45) is 6.77. The molecule has 0 bridgehead atoms. The van der Waals surface area contributed by atoms with E-state index in [-0.39, 0.29) is 11.9 Å². The number of aryl methyl sites for hydroxylation is 1. The lowest BCUT2D eigenvalue weighted by Crippen LogP contribution is -2.53. The maximum absolute atomic E-state index is 12.5. The van der Waals surface area contributed by atoms with Gasteiger partial charge in [0.1, 0.15) is 0 Å². The molecule has 26 heavy (non-hydrogen) atoms. The highest BCUT2D eigenvalue weighted by molar-refractivity contribution is 6.35. The molecular weight excluding hydrogens is 326 g/mol. The molecule has 3 rings (SSSR count). The Bertz CT molecular complexity index is 643. The summed E-state index contributed by atoms with van der Waals surface area (Å²) < 4.78 is 0. The smallest absolute Gasteiger partial charge is 0.312 e. The molecule has 1 saturated heterocycles. The zero-order valence-electron chi connectivity index (χ0n) is 16.1. The van der Waals surface area contributed by atoms with Gasteiger partial charge >= 0.3 is 11.8 Å². The van der Waals surface area contributed by atoms with E-state index in [1.165, 1.54) is 29.7 Å². The lowest BCUT2D eigenvalue weighted by Gasteiger charge is -2.36. The van der Waals surface area contributed by atoms with Crippen molar-refractivity contribution in [3.05, 3.63) is 29.3 Å². The van der Waals surface area contributed by atoms with Crippen molar-refractivity contribution in [2.24, 2.45) is 0 Å².